The Morgan fingerprint density at radius 1 is 1.06 bits per heavy atom. The summed E-state index contributed by atoms with van der Waals surface area (Å²) in [5.41, 5.74) is 1.21. The van der Waals surface area contributed by atoms with E-state index in [-0.39, 0.29) is 24.7 Å². The van der Waals surface area contributed by atoms with Crippen molar-refractivity contribution < 1.29 is 27.5 Å². The number of alkyl halides is 3. The molecule has 1 heterocycles. The number of hydrogen-bond donors (Lipinski definition) is 1. The molecule has 0 aromatic heterocycles. The number of ether oxygens (including phenoxy) is 1. The van der Waals surface area contributed by atoms with Crippen molar-refractivity contribution in [3.8, 4) is 5.75 Å². The van der Waals surface area contributed by atoms with Gasteiger partial charge in [-0.1, -0.05) is 32.0 Å². The number of anilines is 1. The molecule has 1 saturated heterocycles. The summed E-state index contributed by atoms with van der Waals surface area (Å²) in [6, 6.07) is 10.7. The quantitative estimate of drug-likeness (QED) is 0.646. The summed E-state index contributed by atoms with van der Waals surface area (Å²) in [4.78, 5) is 28.3. The highest BCUT2D eigenvalue weighted by Gasteiger charge is 2.33. The fraction of sp³-hybridized carbons (Fsp3) is 0.440. The minimum atomic E-state index is -4.55. The molecule has 1 aliphatic heterocycles. The summed E-state index contributed by atoms with van der Waals surface area (Å²) in [5, 5.41) is 2.35. The predicted molar refractivity (Wildman–Crippen MR) is 124 cm³/mol. The maximum Gasteiger partial charge on any atom is 0.418 e. The van der Waals surface area contributed by atoms with Gasteiger partial charge in [0, 0.05) is 26.2 Å². The second-order valence-electron chi connectivity index (χ2n) is 8.71. The molecule has 34 heavy (non-hydrogen) atoms. The fourth-order valence-electron chi connectivity index (χ4n) is 4.01. The molecule has 0 aliphatic carbocycles. The second kappa shape index (κ2) is 10.9. The van der Waals surface area contributed by atoms with Crippen LogP contribution in [0.2, 0.25) is 0 Å². The summed E-state index contributed by atoms with van der Waals surface area (Å²) < 4.78 is 45.0. The number of carbonyl (C=O) groups excluding carboxylic acids is 2. The van der Waals surface area contributed by atoms with Crippen molar-refractivity contribution in [2.24, 2.45) is 0 Å². The van der Waals surface area contributed by atoms with Gasteiger partial charge in [0.15, 0.2) is 6.61 Å². The largest absolute Gasteiger partial charge is 0.484 e. The highest BCUT2D eigenvalue weighted by Crippen LogP contribution is 2.34. The molecule has 6 nitrogen and oxygen atoms in total. The van der Waals surface area contributed by atoms with Crippen LogP contribution in [0.4, 0.5) is 18.9 Å². The van der Waals surface area contributed by atoms with E-state index in [9.17, 15) is 22.8 Å². The first-order valence-corrected chi connectivity index (χ1v) is 11.2. The Morgan fingerprint density at radius 3 is 2.35 bits per heavy atom. The third-order valence-corrected chi connectivity index (χ3v) is 5.82. The summed E-state index contributed by atoms with van der Waals surface area (Å²) >= 11 is 0. The van der Waals surface area contributed by atoms with Gasteiger partial charge in [0.1, 0.15) is 5.75 Å². The van der Waals surface area contributed by atoms with Crippen LogP contribution in [0.5, 0.6) is 5.75 Å². The molecule has 2 aromatic rings. The lowest BCUT2D eigenvalue weighted by Gasteiger charge is -2.34. The van der Waals surface area contributed by atoms with Gasteiger partial charge in [-0.3, -0.25) is 14.5 Å². The molecular formula is C25H30F3N3O3. The van der Waals surface area contributed by atoms with E-state index in [1.165, 1.54) is 23.8 Å². The SMILES string of the molecule is Cc1cc(OCC(=O)N2CCN(CC(=O)Nc3ccccc3C(F)(F)F)CC2)ccc1C(C)C. The number of rotatable bonds is 7. The first-order chi connectivity index (χ1) is 16.0. The van der Waals surface area contributed by atoms with E-state index in [1.807, 2.05) is 30.0 Å². The van der Waals surface area contributed by atoms with Crippen molar-refractivity contribution in [1.82, 2.24) is 9.80 Å². The lowest BCUT2D eigenvalue weighted by molar-refractivity contribution is -0.137. The zero-order valence-corrected chi connectivity index (χ0v) is 19.6. The van der Waals surface area contributed by atoms with Crippen LogP contribution in [0.3, 0.4) is 0 Å². The van der Waals surface area contributed by atoms with Crippen molar-refractivity contribution in [2.75, 3.05) is 44.6 Å². The molecule has 1 aliphatic rings. The molecule has 0 atom stereocenters. The third-order valence-electron chi connectivity index (χ3n) is 5.82. The number of hydrogen-bond acceptors (Lipinski definition) is 4. The average Bonchev–Trinajstić information content (AvgIpc) is 2.77. The molecule has 1 fully saturated rings. The number of para-hydroxylation sites is 1. The van der Waals surface area contributed by atoms with Crippen molar-refractivity contribution >= 4 is 17.5 Å². The molecular weight excluding hydrogens is 447 g/mol. The van der Waals surface area contributed by atoms with Crippen molar-refractivity contribution in [1.29, 1.82) is 0 Å². The fourth-order valence-corrected chi connectivity index (χ4v) is 4.01. The molecule has 0 spiro atoms. The van der Waals surface area contributed by atoms with E-state index in [4.69, 9.17) is 4.74 Å². The molecule has 0 unspecified atom stereocenters. The highest BCUT2D eigenvalue weighted by atomic mass is 19.4. The van der Waals surface area contributed by atoms with Crippen LogP contribution < -0.4 is 10.1 Å². The second-order valence-corrected chi connectivity index (χ2v) is 8.71. The van der Waals surface area contributed by atoms with Gasteiger partial charge in [0.25, 0.3) is 5.91 Å². The molecule has 2 amide bonds. The van der Waals surface area contributed by atoms with Gasteiger partial charge in [-0.25, -0.2) is 0 Å². The average molecular weight is 478 g/mol. The zero-order valence-electron chi connectivity index (χ0n) is 19.6. The lowest BCUT2D eigenvalue weighted by Crippen LogP contribution is -2.51. The zero-order chi connectivity index (χ0) is 24.9. The number of nitrogens with zero attached hydrogens (tertiary/aromatic N) is 2. The first-order valence-electron chi connectivity index (χ1n) is 11.2. The molecule has 0 saturated carbocycles. The third kappa shape index (κ3) is 6.72. The summed E-state index contributed by atoms with van der Waals surface area (Å²) in [6.45, 7) is 7.86. The van der Waals surface area contributed by atoms with Gasteiger partial charge in [0.05, 0.1) is 17.8 Å². The maximum absolute atomic E-state index is 13.1. The van der Waals surface area contributed by atoms with Crippen molar-refractivity contribution in [3.05, 3.63) is 59.2 Å². The molecule has 9 heteroatoms. The Morgan fingerprint density at radius 2 is 1.74 bits per heavy atom. The summed E-state index contributed by atoms with van der Waals surface area (Å²) in [7, 11) is 0. The van der Waals surface area contributed by atoms with Gasteiger partial charge in [0.2, 0.25) is 5.91 Å². The Hall–Kier alpha value is -3.07. The topological polar surface area (TPSA) is 61.9 Å². The van der Waals surface area contributed by atoms with Gasteiger partial charge in [-0.2, -0.15) is 13.2 Å². The van der Waals surface area contributed by atoms with Gasteiger partial charge in [-0.15, -0.1) is 0 Å². The monoisotopic (exact) mass is 477 g/mol. The van der Waals surface area contributed by atoms with E-state index in [2.05, 4.69) is 19.2 Å². The van der Waals surface area contributed by atoms with Crippen LogP contribution in [0.1, 0.15) is 36.5 Å². The minimum absolute atomic E-state index is 0.0494. The molecule has 184 valence electrons. The summed E-state index contributed by atoms with van der Waals surface area (Å²) in [6.07, 6.45) is -4.55. The van der Waals surface area contributed by atoms with E-state index < -0.39 is 17.6 Å². The number of carbonyl (C=O) groups is 2. The van der Waals surface area contributed by atoms with E-state index in [0.717, 1.165) is 11.6 Å². The maximum atomic E-state index is 13.1. The number of nitrogens with one attached hydrogen (secondary N) is 1. The van der Waals surface area contributed by atoms with Crippen molar-refractivity contribution in [3.63, 3.8) is 0 Å². The van der Waals surface area contributed by atoms with Gasteiger partial charge >= 0.3 is 6.18 Å². The number of benzene rings is 2. The Kier molecular flexibility index (Phi) is 8.19. The molecule has 0 bridgehead atoms. The standard InChI is InChI=1S/C25H30F3N3O3/c1-17(2)20-9-8-19(14-18(20)3)34-16-24(33)31-12-10-30(11-13-31)15-23(32)29-22-7-5-4-6-21(22)25(26,27)28/h4-9,14,17H,10-13,15-16H2,1-3H3,(H,29,32). The lowest BCUT2D eigenvalue weighted by atomic mass is 9.98. The summed E-state index contributed by atoms with van der Waals surface area (Å²) in [5.74, 6) is 0.381. The Balaban J connectivity index is 1.45. The van der Waals surface area contributed by atoms with E-state index in [0.29, 0.717) is 37.8 Å². The molecule has 0 radical (unpaired) electrons. The Labute approximate surface area is 197 Å². The number of amides is 2. The Bertz CT molecular complexity index is 1020. The first kappa shape index (κ1) is 25.6. The molecule has 1 N–H and O–H groups in total. The smallest absolute Gasteiger partial charge is 0.418 e. The molecule has 3 rings (SSSR count). The van der Waals surface area contributed by atoms with Crippen LogP contribution in [0.25, 0.3) is 0 Å². The van der Waals surface area contributed by atoms with Gasteiger partial charge in [-0.05, 0) is 48.2 Å². The minimum Gasteiger partial charge on any atom is -0.484 e. The molecule has 2 aromatic carbocycles. The number of piperazine rings is 1. The normalized spacial score (nSPS) is 14.9. The van der Waals surface area contributed by atoms with E-state index >= 15 is 0 Å². The van der Waals surface area contributed by atoms with Crippen LogP contribution in [0.15, 0.2) is 42.5 Å². The predicted octanol–water partition coefficient (Wildman–Crippen LogP) is 4.30. The van der Waals surface area contributed by atoms with Crippen LogP contribution in [-0.2, 0) is 15.8 Å². The van der Waals surface area contributed by atoms with Crippen LogP contribution in [-0.4, -0.2) is 60.9 Å². The number of halogens is 3. The van der Waals surface area contributed by atoms with Gasteiger partial charge < -0.3 is 15.0 Å². The van der Waals surface area contributed by atoms with E-state index in [1.54, 1.807) is 4.90 Å². The van der Waals surface area contributed by atoms with Crippen molar-refractivity contribution in [2.45, 2.75) is 32.9 Å². The van der Waals surface area contributed by atoms with Crippen LogP contribution in [0, 0.1) is 6.92 Å². The van der Waals surface area contributed by atoms with Crippen LogP contribution >= 0.6 is 0 Å². The number of aryl methyl sites for hydroxylation is 1. The highest BCUT2D eigenvalue weighted by molar-refractivity contribution is 5.93.